The Balaban J connectivity index is 1.60. The second-order valence-electron chi connectivity index (χ2n) is 5.94. The number of nitrogens with zero attached hydrogens (tertiary/aromatic N) is 2. The molecule has 0 radical (unpaired) electrons. The van der Waals surface area contributed by atoms with Gasteiger partial charge in [-0.25, -0.2) is 8.42 Å². The summed E-state index contributed by atoms with van der Waals surface area (Å²) in [6.07, 6.45) is 1.41. The summed E-state index contributed by atoms with van der Waals surface area (Å²) in [6.45, 7) is 0.419. The Morgan fingerprint density at radius 3 is 2.58 bits per heavy atom. The lowest BCUT2D eigenvalue weighted by molar-refractivity contribution is -0.117. The molecule has 2 aromatic rings. The van der Waals surface area contributed by atoms with Gasteiger partial charge in [0, 0.05) is 31.4 Å². The Bertz CT molecular complexity index is 893. The zero-order valence-electron chi connectivity index (χ0n) is 14.2. The summed E-state index contributed by atoms with van der Waals surface area (Å²) < 4.78 is 25.9. The predicted molar refractivity (Wildman–Crippen MR) is 101 cm³/mol. The molecule has 138 valence electrons. The molecule has 0 saturated carbocycles. The Morgan fingerprint density at radius 2 is 2.00 bits per heavy atom. The average Bonchev–Trinajstić information content (AvgIpc) is 3.27. The first-order valence-corrected chi connectivity index (χ1v) is 10.4. The molecule has 26 heavy (non-hydrogen) atoms. The first-order chi connectivity index (χ1) is 12.4. The number of amides is 2. The van der Waals surface area contributed by atoms with Gasteiger partial charge in [-0.1, -0.05) is 6.07 Å². The Kier molecular flexibility index (Phi) is 5.40. The van der Waals surface area contributed by atoms with Crippen LogP contribution < -0.4 is 10.2 Å². The number of likely N-dealkylation sites (N-methyl/N-ethyl adjacent to an activating group) is 1. The predicted octanol–water partition coefficient (Wildman–Crippen LogP) is 2.13. The summed E-state index contributed by atoms with van der Waals surface area (Å²) in [4.78, 5) is 25.6. The summed E-state index contributed by atoms with van der Waals surface area (Å²) in [5, 5.41) is 4.35. The van der Waals surface area contributed by atoms with Crippen LogP contribution >= 0.6 is 11.3 Å². The number of carbonyl (C=O) groups excluding carboxylic acids is 2. The van der Waals surface area contributed by atoms with Gasteiger partial charge in [0.25, 0.3) is 10.0 Å². The number of nitrogens with one attached hydrogen (secondary N) is 1. The summed E-state index contributed by atoms with van der Waals surface area (Å²) >= 11 is 1.11. The van der Waals surface area contributed by atoms with E-state index in [9.17, 15) is 18.0 Å². The van der Waals surface area contributed by atoms with Gasteiger partial charge in [0.1, 0.15) is 4.21 Å². The van der Waals surface area contributed by atoms with E-state index in [2.05, 4.69) is 5.32 Å². The first-order valence-electron chi connectivity index (χ1n) is 8.08. The fourth-order valence-corrected chi connectivity index (χ4v) is 5.03. The summed E-state index contributed by atoms with van der Waals surface area (Å²) in [5.41, 5.74) is 1.34. The van der Waals surface area contributed by atoms with E-state index in [1.807, 2.05) is 0 Å². The monoisotopic (exact) mass is 393 g/mol. The van der Waals surface area contributed by atoms with E-state index >= 15 is 0 Å². The number of rotatable bonds is 6. The van der Waals surface area contributed by atoms with Crippen molar-refractivity contribution in [3.05, 3.63) is 41.8 Å². The number of anilines is 2. The molecule has 1 aromatic heterocycles. The molecule has 1 saturated heterocycles. The maximum Gasteiger partial charge on any atom is 0.252 e. The van der Waals surface area contributed by atoms with Gasteiger partial charge < -0.3 is 10.2 Å². The highest BCUT2D eigenvalue weighted by atomic mass is 32.2. The van der Waals surface area contributed by atoms with Gasteiger partial charge in [-0.05, 0) is 42.1 Å². The Labute approximate surface area is 156 Å². The van der Waals surface area contributed by atoms with E-state index in [1.54, 1.807) is 40.6 Å². The summed E-state index contributed by atoms with van der Waals surface area (Å²) in [7, 11) is -2.29. The van der Waals surface area contributed by atoms with Crippen LogP contribution in [0.15, 0.2) is 46.0 Å². The smallest absolute Gasteiger partial charge is 0.252 e. The molecule has 0 atom stereocenters. The molecule has 1 N–H and O–H groups in total. The van der Waals surface area contributed by atoms with Crippen molar-refractivity contribution in [3.8, 4) is 0 Å². The minimum absolute atomic E-state index is 0.0993. The first kappa shape index (κ1) is 18.6. The lowest BCUT2D eigenvalue weighted by Gasteiger charge is -2.17. The maximum absolute atomic E-state index is 12.3. The lowest BCUT2D eigenvalue weighted by Crippen LogP contribution is -2.34. The van der Waals surface area contributed by atoms with Gasteiger partial charge >= 0.3 is 0 Å². The average molecular weight is 393 g/mol. The van der Waals surface area contributed by atoms with Crippen molar-refractivity contribution in [2.75, 3.05) is 30.4 Å². The molecule has 0 aliphatic carbocycles. The second kappa shape index (κ2) is 7.56. The number of hydrogen-bond acceptors (Lipinski definition) is 5. The molecule has 2 heterocycles. The Morgan fingerprint density at radius 1 is 1.27 bits per heavy atom. The molecule has 1 aliphatic rings. The van der Waals surface area contributed by atoms with E-state index < -0.39 is 15.9 Å². The number of benzene rings is 1. The van der Waals surface area contributed by atoms with E-state index in [4.69, 9.17) is 0 Å². The minimum Gasteiger partial charge on any atom is -0.325 e. The molecule has 1 aliphatic heterocycles. The van der Waals surface area contributed by atoms with Gasteiger partial charge in [0.05, 0.1) is 6.54 Å². The fraction of sp³-hybridized carbons (Fsp3) is 0.294. The van der Waals surface area contributed by atoms with Crippen molar-refractivity contribution in [2.45, 2.75) is 17.1 Å². The van der Waals surface area contributed by atoms with Crippen LogP contribution in [-0.2, 0) is 19.6 Å². The molecule has 2 amide bonds. The van der Waals surface area contributed by atoms with Crippen LogP contribution in [0.3, 0.4) is 0 Å². The van der Waals surface area contributed by atoms with Gasteiger partial charge in [-0.15, -0.1) is 11.3 Å². The second-order valence-corrected chi connectivity index (χ2v) is 9.16. The maximum atomic E-state index is 12.3. The summed E-state index contributed by atoms with van der Waals surface area (Å²) in [6, 6.07) is 10.1. The fourth-order valence-electron chi connectivity index (χ4n) is 2.70. The van der Waals surface area contributed by atoms with Crippen molar-refractivity contribution in [1.82, 2.24) is 4.31 Å². The molecule has 0 bridgehead atoms. The molecule has 1 aromatic carbocycles. The normalized spacial score (nSPS) is 14.8. The topological polar surface area (TPSA) is 86.8 Å². The van der Waals surface area contributed by atoms with E-state index in [0.717, 1.165) is 27.8 Å². The van der Waals surface area contributed by atoms with Gasteiger partial charge in [-0.2, -0.15) is 4.31 Å². The Hall–Kier alpha value is -2.23. The van der Waals surface area contributed by atoms with Crippen molar-refractivity contribution < 1.29 is 18.0 Å². The van der Waals surface area contributed by atoms with Crippen LogP contribution in [-0.4, -0.2) is 44.7 Å². The SMILES string of the molecule is CN(CC(=O)Nc1ccc(N2CCCC2=O)cc1)S(=O)(=O)c1cccs1. The third-order valence-corrected chi connectivity index (χ3v) is 7.24. The van der Waals surface area contributed by atoms with E-state index in [0.29, 0.717) is 18.7 Å². The number of thiophene rings is 1. The van der Waals surface area contributed by atoms with Crippen LogP contribution in [0.25, 0.3) is 0 Å². The van der Waals surface area contributed by atoms with Crippen molar-refractivity contribution in [3.63, 3.8) is 0 Å². The molecule has 3 rings (SSSR count). The van der Waals surface area contributed by atoms with Crippen LogP contribution in [0.4, 0.5) is 11.4 Å². The van der Waals surface area contributed by atoms with Crippen molar-refractivity contribution in [2.24, 2.45) is 0 Å². The molecule has 0 spiro atoms. The third-order valence-electron chi connectivity index (χ3n) is 4.06. The van der Waals surface area contributed by atoms with Gasteiger partial charge in [0.2, 0.25) is 11.8 Å². The lowest BCUT2D eigenvalue weighted by atomic mass is 10.2. The van der Waals surface area contributed by atoms with E-state index in [-0.39, 0.29) is 16.7 Å². The number of sulfonamides is 1. The van der Waals surface area contributed by atoms with Crippen molar-refractivity contribution >= 4 is 44.5 Å². The molecule has 9 heteroatoms. The molecule has 7 nitrogen and oxygen atoms in total. The van der Waals surface area contributed by atoms with E-state index in [1.165, 1.54) is 13.1 Å². The largest absolute Gasteiger partial charge is 0.325 e. The highest BCUT2D eigenvalue weighted by molar-refractivity contribution is 7.91. The zero-order valence-corrected chi connectivity index (χ0v) is 15.8. The quantitative estimate of drug-likeness (QED) is 0.815. The highest BCUT2D eigenvalue weighted by Crippen LogP contribution is 2.23. The molecular formula is C17H19N3O4S2. The van der Waals surface area contributed by atoms with Gasteiger partial charge in [0.15, 0.2) is 0 Å². The molecule has 1 fully saturated rings. The van der Waals surface area contributed by atoms with Gasteiger partial charge in [-0.3, -0.25) is 9.59 Å². The summed E-state index contributed by atoms with van der Waals surface area (Å²) in [5.74, 6) is -0.333. The van der Waals surface area contributed by atoms with Crippen molar-refractivity contribution in [1.29, 1.82) is 0 Å². The van der Waals surface area contributed by atoms with Crippen LogP contribution in [0.2, 0.25) is 0 Å². The number of carbonyl (C=O) groups is 2. The standard InChI is InChI=1S/C17H19N3O4S2/c1-19(26(23,24)17-5-3-11-25-17)12-15(21)18-13-6-8-14(9-7-13)20-10-2-4-16(20)22/h3,5-9,11H,2,4,10,12H2,1H3,(H,18,21). The van der Waals surface area contributed by atoms with Crippen LogP contribution in [0.5, 0.6) is 0 Å². The van der Waals surface area contributed by atoms with Crippen LogP contribution in [0.1, 0.15) is 12.8 Å². The zero-order chi connectivity index (χ0) is 18.7. The highest BCUT2D eigenvalue weighted by Gasteiger charge is 2.24. The third kappa shape index (κ3) is 3.95. The minimum atomic E-state index is -3.66. The van der Waals surface area contributed by atoms with Crippen LogP contribution in [0, 0.1) is 0 Å². The molecule has 0 unspecified atom stereocenters. The molecular weight excluding hydrogens is 374 g/mol. The number of hydrogen-bond donors (Lipinski definition) is 1.